The van der Waals surface area contributed by atoms with Gasteiger partial charge in [-0.1, -0.05) is 30.9 Å². The van der Waals surface area contributed by atoms with Gasteiger partial charge in [0.25, 0.3) is 0 Å². The van der Waals surface area contributed by atoms with Gasteiger partial charge >= 0.3 is 0 Å². The summed E-state index contributed by atoms with van der Waals surface area (Å²) in [6.07, 6.45) is 3.25. The Morgan fingerprint density at radius 1 is 1.32 bits per heavy atom. The third kappa shape index (κ3) is 4.70. The third-order valence-electron chi connectivity index (χ3n) is 3.57. The molecule has 1 unspecified atom stereocenters. The lowest BCUT2D eigenvalue weighted by molar-refractivity contribution is 0.176. The lowest BCUT2D eigenvalue weighted by Crippen LogP contribution is -2.33. The lowest BCUT2D eigenvalue weighted by atomic mass is 9.99. The van der Waals surface area contributed by atoms with Crippen LogP contribution < -0.4 is 0 Å². The summed E-state index contributed by atoms with van der Waals surface area (Å²) in [4.78, 5) is 2.54. The van der Waals surface area contributed by atoms with E-state index in [4.69, 9.17) is 5.11 Å². The second-order valence-corrected chi connectivity index (χ2v) is 5.45. The predicted octanol–water partition coefficient (Wildman–Crippen LogP) is 2.65. The second kappa shape index (κ2) is 7.33. The number of hydrogen-bond donors (Lipinski definition) is 1. The van der Waals surface area contributed by atoms with Crippen molar-refractivity contribution in [2.45, 2.75) is 32.7 Å². The highest BCUT2D eigenvalue weighted by atomic mass is 16.2. The van der Waals surface area contributed by atoms with E-state index in [2.05, 4.69) is 47.9 Å². The Labute approximate surface area is 116 Å². The Morgan fingerprint density at radius 3 is 2.79 bits per heavy atom. The highest BCUT2D eigenvalue weighted by Gasteiger charge is 2.15. The average molecular weight is 257 g/mol. The van der Waals surface area contributed by atoms with Crippen molar-refractivity contribution in [1.29, 1.82) is 0 Å². The van der Waals surface area contributed by atoms with Crippen LogP contribution in [-0.2, 0) is 6.54 Å². The van der Waals surface area contributed by atoms with Gasteiger partial charge in [-0.3, -0.25) is 4.90 Å². The number of likely N-dealkylation sites (tertiary alicyclic amines) is 1. The normalized spacial score (nSPS) is 19.8. The fraction of sp³-hybridized carbons (Fsp3) is 0.529. The third-order valence-corrected chi connectivity index (χ3v) is 3.57. The summed E-state index contributed by atoms with van der Waals surface area (Å²) in [6, 6.07) is 8.49. The highest BCUT2D eigenvalue weighted by Crippen LogP contribution is 2.17. The number of piperidine rings is 1. The molecule has 1 fully saturated rings. The molecule has 0 amide bonds. The fourth-order valence-corrected chi connectivity index (χ4v) is 2.60. The van der Waals surface area contributed by atoms with Crippen molar-refractivity contribution in [1.82, 2.24) is 4.90 Å². The van der Waals surface area contributed by atoms with Gasteiger partial charge in [-0.05, 0) is 43.0 Å². The number of hydrogen-bond acceptors (Lipinski definition) is 2. The van der Waals surface area contributed by atoms with Gasteiger partial charge < -0.3 is 5.11 Å². The van der Waals surface area contributed by atoms with E-state index < -0.39 is 0 Å². The van der Waals surface area contributed by atoms with Crippen LogP contribution in [0.15, 0.2) is 24.3 Å². The number of nitrogens with zero attached hydrogens (tertiary/aromatic N) is 1. The minimum absolute atomic E-state index is 0.137. The molecule has 2 nitrogen and oxygen atoms in total. The molecule has 1 aliphatic rings. The first-order valence-corrected chi connectivity index (χ1v) is 7.19. The van der Waals surface area contributed by atoms with Crippen LogP contribution in [0.2, 0.25) is 0 Å². The maximum absolute atomic E-state index is 8.68. The van der Waals surface area contributed by atoms with E-state index in [9.17, 15) is 0 Å². The van der Waals surface area contributed by atoms with Crippen molar-refractivity contribution in [3.05, 3.63) is 35.4 Å². The van der Waals surface area contributed by atoms with Gasteiger partial charge in [-0.2, -0.15) is 0 Å². The molecule has 1 aromatic rings. The Balaban J connectivity index is 1.90. The van der Waals surface area contributed by atoms with Crippen LogP contribution in [0.4, 0.5) is 0 Å². The molecule has 0 bridgehead atoms. The molecule has 0 radical (unpaired) electrons. The van der Waals surface area contributed by atoms with E-state index in [-0.39, 0.29) is 6.61 Å². The van der Waals surface area contributed by atoms with Crippen molar-refractivity contribution in [3.8, 4) is 11.8 Å². The van der Waals surface area contributed by atoms with E-state index in [0.717, 1.165) is 18.0 Å². The Kier molecular flexibility index (Phi) is 5.44. The van der Waals surface area contributed by atoms with Crippen molar-refractivity contribution in [3.63, 3.8) is 0 Å². The number of aliphatic hydroxyl groups is 1. The summed E-state index contributed by atoms with van der Waals surface area (Å²) >= 11 is 0. The zero-order valence-corrected chi connectivity index (χ0v) is 11.7. The molecule has 0 aromatic heterocycles. The molecule has 1 aliphatic heterocycles. The van der Waals surface area contributed by atoms with Gasteiger partial charge in [-0.15, -0.1) is 0 Å². The molecular weight excluding hydrogens is 234 g/mol. The molecule has 0 saturated carbocycles. The number of rotatable bonds is 3. The largest absolute Gasteiger partial charge is 0.395 e. The zero-order chi connectivity index (χ0) is 13.5. The van der Waals surface area contributed by atoms with Gasteiger partial charge in [0.15, 0.2) is 0 Å². The van der Waals surface area contributed by atoms with Crippen molar-refractivity contribution >= 4 is 0 Å². The van der Waals surface area contributed by atoms with Crippen molar-refractivity contribution in [2.24, 2.45) is 5.92 Å². The molecule has 2 heteroatoms. The Hall–Kier alpha value is -1.30. The van der Waals surface area contributed by atoms with Gasteiger partial charge in [0.1, 0.15) is 0 Å². The quantitative estimate of drug-likeness (QED) is 0.842. The van der Waals surface area contributed by atoms with Crippen molar-refractivity contribution in [2.75, 3.05) is 19.7 Å². The monoisotopic (exact) mass is 257 g/mol. The molecule has 2 rings (SSSR count). The molecule has 102 valence electrons. The molecule has 1 saturated heterocycles. The van der Waals surface area contributed by atoms with Crippen LogP contribution in [0.1, 0.15) is 37.3 Å². The van der Waals surface area contributed by atoms with Crippen LogP contribution in [0.3, 0.4) is 0 Å². The first-order valence-electron chi connectivity index (χ1n) is 7.19. The Bertz CT molecular complexity index is 441. The molecule has 1 heterocycles. The Morgan fingerprint density at radius 2 is 2.11 bits per heavy atom. The fourth-order valence-electron chi connectivity index (χ4n) is 2.60. The van der Waals surface area contributed by atoms with Crippen LogP contribution in [-0.4, -0.2) is 29.7 Å². The summed E-state index contributed by atoms with van der Waals surface area (Å²) in [5.41, 5.74) is 2.39. The van der Waals surface area contributed by atoms with E-state index in [1.54, 1.807) is 0 Å². The van der Waals surface area contributed by atoms with Crippen LogP contribution in [0.25, 0.3) is 0 Å². The van der Waals surface area contributed by atoms with Gasteiger partial charge in [0.2, 0.25) is 0 Å². The first kappa shape index (κ1) is 14.1. The van der Waals surface area contributed by atoms with Crippen molar-refractivity contribution < 1.29 is 5.11 Å². The van der Waals surface area contributed by atoms with Gasteiger partial charge in [-0.25, -0.2) is 0 Å². The zero-order valence-electron chi connectivity index (χ0n) is 11.7. The van der Waals surface area contributed by atoms with Crippen LogP contribution >= 0.6 is 0 Å². The summed E-state index contributed by atoms with van der Waals surface area (Å²) in [5.74, 6) is 6.84. The smallest absolute Gasteiger partial charge is 0.0540 e. The summed E-state index contributed by atoms with van der Waals surface area (Å²) in [7, 11) is 0. The highest BCUT2D eigenvalue weighted by molar-refractivity contribution is 5.36. The first-order chi connectivity index (χ1) is 9.28. The molecule has 1 N–H and O–H groups in total. The minimum Gasteiger partial charge on any atom is -0.395 e. The maximum Gasteiger partial charge on any atom is 0.0540 e. The van der Waals surface area contributed by atoms with E-state index in [1.165, 1.54) is 31.5 Å². The van der Waals surface area contributed by atoms with Crippen LogP contribution in [0, 0.1) is 17.8 Å². The number of aliphatic hydroxyl groups excluding tert-OH is 1. The molecule has 0 aliphatic carbocycles. The maximum atomic E-state index is 8.68. The summed E-state index contributed by atoms with van der Waals surface area (Å²) in [5, 5.41) is 8.68. The average Bonchev–Trinajstić information content (AvgIpc) is 2.41. The van der Waals surface area contributed by atoms with Gasteiger partial charge in [0.05, 0.1) is 6.61 Å². The molecule has 19 heavy (non-hydrogen) atoms. The second-order valence-electron chi connectivity index (χ2n) is 5.45. The molecule has 1 aromatic carbocycles. The standard InChI is InChI=1S/C17H23NO/c1-15-5-4-11-18(13-15)14-17-9-7-16(8-10-17)6-2-3-12-19/h7-10,15,19H,3-5,11-14H2,1H3. The van der Waals surface area contributed by atoms with Crippen LogP contribution in [0.5, 0.6) is 0 Å². The van der Waals surface area contributed by atoms with Gasteiger partial charge in [0, 0.05) is 25.1 Å². The molecule has 1 atom stereocenters. The predicted molar refractivity (Wildman–Crippen MR) is 78.7 cm³/mol. The minimum atomic E-state index is 0.137. The van der Waals surface area contributed by atoms with E-state index >= 15 is 0 Å². The van der Waals surface area contributed by atoms with E-state index in [1.807, 2.05) is 0 Å². The summed E-state index contributed by atoms with van der Waals surface area (Å²) < 4.78 is 0. The molecule has 0 spiro atoms. The number of benzene rings is 1. The lowest BCUT2D eigenvalue weighted by Gasteiger charge is -2.30. The SMILES string of the molecule is CC1CCCN(Cc2ccc(C#CCCO)cc2)C1. The topological polar surface area (TPSA) is 23.5 Å². The molecular formula is C17H23NO. The van der Waals surface area contributed by atoms with E-state index in [0.29, 0.717) is 6.42 Å². The summed E-state index contributed by atoms with van der Waals surface area (Å²) in [6.45, 7) is 5.97.